The Bertz CT molecular complexity index is 1380. The topological polar surface area (TPSA) is 180 Å². The maximum Gasteiger partial charge on any atom is 0.296 e. The highest BCUT2D eigenvalue weighted by molar-refractivity contribution is 7.86. The molecular weight excluding hydrogens is 422 g/mol. The Hall–Kier alpha value is -3.06. The molecule has 0 amide bonds. The predicted octanol–water partition coefficient (Wildman–Crippen LogP) is 3.34. The molecule has 0 heterocycles. The minimum atomic E-state index is -4.78. The maximum absolute atomic E-state index is 11.8. The van der Waals surface area contributed by atoms with E-state index in [-0.39, 0.29) is 22.0 Å². The fourth-order valence-corrected chi connectivity index (χ4v) is 4.09. The summed E-state index contributed by atoms with van der Waals surface area (Å²) >= 11 is 0. The first-order valence-electron chi connectivity index (χ1n) is 7.90. The molecule has 0 fully saturated rings. The molecule has 29 heavy (non-hydrogen) atoms. The summed E-state index contributed by atoms with van der Waals surface area (Å²) in [5.74, 6) is -0.590. The lowest BCUT2D eigenvalue weighted by Crippen LogP contribution is -2.00. The zero-order valence-electron chi connectivity index (χ0n) is 14.8. The summed E-state index contributed by atoms with van der Waals surface area (Å²) in [5, 5.41) is 18.4. The molecule has 0 spiro atoms. The van der Waals surface area contributed by atoms with Crippen molar-refractivity contribution in [1.29, 1.82) is 0 Å². The highest BCUT2D eigenvalue weighted by atomic mass is 32.2. The number of nitrogens with two attached hydrogens (primary N) is 1. The minimum absolute atomic E-state index is 0.0448. The second-order valence-electron chi connectivity index (χ2n) is 6.15. The van der Waals surface area contributed by atoms with Gasteiger partial charge in [0.25, 0.3) is 20.2 Å². The Morgan fingerprint density at radius 3 is 2.14 bits per heavy atom. The van der Waals surface area contributed by atoms with E-state index in [0.29, 0.717) is 5.69 Å². The molecule has 0 aliphatic rings. The summed E-state index contributed by atoms with van der Waals surface area (Å²) in [6, 6.07) is 9.19. The minimum Gasteiger partial charge on any atom is -0.505 e. The average Bonchev–Trinajstić information content (AvgIpc) is 2.60. The summed E-state index contributed by atoms with van der Waals surface area (Å²) in [7, 11) is -9.29. The second-order valence-corrected chi connectivity index (χ2v) is 8.93. The van der Waals surface area contributed by atoms with Crippen LogP contribution in [0.25, 0.3) is 10.8 Å². The summed E-state index contributed by atoms with van der Waals surface area (Å²) in [6.07, 6.45) is 0. The molecule has 0 aromatic heterocycles. The van der Waals surface area contributed by atoms with Crippen molar-refractivity contribution >= 4 is 48.1 Å². The lowest BCUT2D eigenvalue weighted by Gasteiger charge is -2.09. The number of hydrogen-bond donors (Lipinski definition) is 4. The molecule has 5 N–H and O–H groups in total. The molecule has 0 aliphatic carbocycles. The van der Waals surface area contributed by atoms with Gasteiger partial charge in [-0.25, -0.2) is 0 Å². The predicted molar refractivity (Wildman–Crippen MR) is 105 cm³/mol. The van der Waals surface area contributed by atoms with E-state index < -0.39 is 41.5 Å². The van der Waals surface area contributed by atoms with Crippen LogP contribution in [0.15, 0.2) is 62.5 Å². The van der Waals surface area contributed by atoms with Crippen molar-refractivity contribution in [3.8, 4) is 5.75 Å². The van der Waals surface area contributed by atoms with E-state index in [2.05, 4.69) is 10.2 Å². The van der Waals surface area contributed by atoms with Crippen molar-refractivity contribution in [2.75, 3.05) is 5.73 Å². The highest BCUT2D eigenvalue weighted by Gasteiger charge is 2.22. The van der Waals surface area contributed by atoms with Crippen LogP contribution in [0.4, 0.5) is 17.1 Å². The van der Waals surface area contributed by atoms with Gasteiger partial charge in [-0.15, -0.1) is 5.11 Å². The van der Waals surface area contributed by atoms with Gasteiger partial charge >= 0.3 is 0 Å². The van der Waals surface area contributed by atoms with Gasteiger partial charge in [-0.3, -0.25) is 9.11 Å². The number of rotatable bonds is 4. The Kier molecular flexibility index (Phi) is 5.04. The van der Waals surface area contributed by atoms with Crippen LogP contribution in [0.1, 0.15) is 5.56 Å². The molecule has 3 aromatic carbocycles. The molecule has 10 nitrogen and oxygen atoms in total. The molecular formula is C17H15N3O7S2. The number of azo groups is 1. The Morgan fingerprint density at radius 2 is 1.52 bits per heavy atom. The van der Waals surface area contributed by atoms with Crippen LogP contribution in [0, 0.1) is 6.92 Å². The van der Waals surface area contributed by atoms with Crippen molar-refractivity contribution in [3.05, 3.63) is 48.0 Å². The molecule has 0 saturated carbocycles. The zero-order chi connectivity index (χ0) is 21.6. The number of hydrogen-bond acceptors (Lipinski definition) is 8. The smallest absolute Gasteiger partial charge is 0.296 e. The van der Waals surface area contributed by atoms with Crippen molar-refractivity contribution in [3.63, 3.8) is 0 Å². The number of benzene rings is 3. The third-order valence-corrected chi connectivity index (χ3v) is 5.93. The Balaban J connectivity index is 2.23. The molecule has 0 unspecified atom stereocenters. The summed E-state index contributed by atoms with van der Waals surface area (Å²) in [4.78, 5) is -1.10. The number of aromatic hydroxyl groups is 1. The van der Waals surface area contributed by atoms with Gasteiger partial charge in [0.15, 0.2) is 5.75 Å². The van der Waals surface area contributed by atoms with Crippen LogP contribution >= 0.6 is 0 Å². The van der Waals surface area contributed by atoms with Gasteiger partial charge in [0.1, 0.15) is 10.6 Å². The lowest BCUT2D eigenvalue weighted by atomic mass is 10.1. The van der Waals surface area contributed by atoms with E-state index in [9.17, 15) is 31.0 Å². The Labute approximate surface area is 165 Å². The van der Waals surface area contributed by atoms with Crippen LogP contribution < -0.4 is 5.73 Å². The zero-order valence-corrected chi connectivity index (χ0v) is 16.4. The van der Waals surface area contributed by atoms with Gasteiger partial charge in [0, 0.05) is 11.1 Å². The van der Waals surface area contributed by atoms with Gasteiger partial charge in [-0.1, -0.05) is 12.1 Å². The van der Waals surface area contributed by atoms with E-state index in [0.717, 1.165) is 12.1 Å². The van der Waals surface area contributed by atoms with Crippen molar-refractivity contribution in [2.24, 2.45) is 10.2 Å². The Morgan fingerprint density at radius 1 is 0.862 bits per heavy atom. The summed E-state index contributed by atoms with van der Waals surface area (Å²) < 4.78 is 65.1. The first-order valence-corrected chi connectivity index (χ1v) is 10.8. The number of aryl methyl sites for hydroxylation is 1. The van der Waals surface area contributed by atoms with E-state index in [1.54, 1.807) is 0 Å². The number of nitrogens with zero attached hydrogens (tertiary/aromatic N) is 2. The second kappa shape index (κ2) is 7.08. The molecule has 0 saturated heterocycles. The van der Waals surface area contributed by atoms with Gasteiger partial charge < -0.3 is 10.8 Å². The van der Waals surface area contributed by atoms with E-state index >= 15 is 0 Å². The normalized spacial score (nSPS) is 12.7. The van der Waals surface area contributed by atoms with Gasteiger partial charge in [0.05, 0.1) is 10.6 Å². The van der Waals surface area contributed by atoms with Crippen molar-refractivity contribution in [1.82, 2.24) is 0 Å². The third kappa shape index (κ3) is 4.19. The molecule has 0 atom stereocenters. The quantitative estimate of drug-likeness (QED) is 0.272. The molecule has 0 bridgehead atoms. The molecule has 12 heteroatoms. The van der Waals surface area contributed by atoms with E-state index in [4.69, 9.17) is 5.73 Å². The first kappa shape index (κ1) is 20.7. The molecule has 3 aromatic rings. The van der Waals surface area contributed by atoms with Crippen LogP contribution in [-0.4, -0.2) is 31.0 Å². The van der Waals surface area contributed by atoms with Crippen LogP contribution in [-0.2, 0) is 20.2 Å². The molecule has 0 aliphatic heterocycles. The number of phenolic OH excluding ortho intramolecular Hbond substituents is 1. The number of fused-ring (bicyclic) bond motifs is 1. The fourth-order valence-electron chi connectivity index (χ4n) is 2.69. The van der Waals surface area contributed by atoms with E-state index in [1.165, 1.54) is 37.3 Å². The summed E-state index contributed by atoms with van der Waals surface area (Å²) in [6.45, 7) is 1.46. The average molecular weight is 437 g/mol. The molecule has 152 valence electrons. The van der Waals surface area contributed by atoms with E-state index in [1.807, 2.05) is 0 Å². The SMILES string of the molecule is Cc1ccc(N=Nc2c(S(=O)(=O)O)cc3ccc(N)cc3c2O)cc1S(=O)(=O)O. The first-order chi connectivity index (χ1) is 13.4. The number of phenols is 1. The molecule has 0 radical (unpaired) electrons. The van der Waals surface area contributed by atoms with Gasteiger partial charge in [-0.2, -0.15) is 21.9 Å². The van der Waals surface area contributed by atoms with Crippen LogP contribution in [0.5, 0.6) is 5.75 Å². The van der Waals surface area contributed by atoms with Crippen LogP contribution in [0.3, 0.4) is 0 Å². The highest BCUT2D eigenvalue weighted by Crippen LogP contribution is 2.42. The number of anilines is 1. The standard InChI is InChI=1S/C17H15N3O7S2/c1-9-2-5-12(8-14(9)28(22,23)24)19-20-16-15(29(25,26)27)6-10-3-4-11(18)7-13(10)17(16)21/h2-8,21H,18H2,1H3,(H,22,23,24)(H,25,26,27). The van der Waals surface area contributed by atoms with Gasteiger partial charge in [-0.05, 0) is 48.2 Å². The number of nitrogen functional groups attached to an aromatic ring is 1. The third-order valence-electron chi connectivity index (χ3n) is 4.07. The van der Waals surface area contributed by atoms with Crippen molar-refractivity contribution in [2.45, 2.75) is 16.7 Å². The fraction of sp³-hybridized carbons (Fsp3) is 0.0588. The van der Waals surface area contributed by atoms with Crippen molar-refractivity contribution < 1.29 is 31.0 Å². The molecule has 3 rings (SSSR count). The monoisotopic (exact) mass is 437 g/mol. The lowest BCUT2D eigenvalue weighted by molar-refractivity contribution is 0.472. The van der Waals surface area contributed by atoms with Gasteiger partial charge in [0.2, 0.25) is 0 Å². The van der Waals surface area contributed by atoms with Crippen LogP contribution in [0.2, 0.25) is 0 Å². The largest absolute Gasteiger partial charge is 0.505 e. The maximum atomic E-state index is 11.8. The summed E-state index contributed by atoms with van der Waals surface area (Å²) in [5.41, 5.74) is 5.65.